The summed E-state index contributed by atoms with van der Waals surface area (Å²) in [6.07, 6.45) is 5.49. The van der Waals surface area contributed by atoms with Crippen LogP contribution in [0.15, 0.2) is 6.20 Å². The van der Waals surface area contributed by atoms with Crippen molar-refractivity contribution >= 4 is 5.95 Å². The minimum absolute atomic E-state index is 0.315. The van der Waals surface area contributed by atoms with E-state index >= 15 is 0 Å². The van der Waals surface area contributed by atoms with E-state index in [0.717, 1.165) is 37.7 Å². The molecule has 114 valence electrons. The fraction of sp³-hybridized carbons (Fsp3) is 0.800. The minimum atomic E-state index is 0.315. The highest BCUT2D eigenvalue weighted by Crippen LogP contribution is 2.25. The van der Waals surface area contributed by atoms with Crippen molar-refractivity contribution in [2.24, 2.45) is 11.7 Å². The minimum Gasteiger partial charge on any atom is -0.383 e. The molecule has 1 aliphatic rings. The van der Waals surface area contributed by atoms with E-state index in [1.165, 1.54) is 12.8 Å². The molecule has 1 aromatic heterocycles. The molecule has 5 nitrogen and oxygen atoms in total. The van der Waals surface area contributed by atoms with Crippen molar-refractivity contribution in [3.05, 3.63) is 11.9 Å². The maximum atomic E-state index is 5.77. The van der Waals surface area contributed by atoms with Gasteiger partial charge in [-0.2, -0.15) is 0 Å². The highest BCUT2D eigenvalue weighted by atomic mass is 16.5. The summed E-state index contributed by atoms with van der Waals surface area (Å²) in [5.74, 6) is 1.78. The molecule has 0 aromatic carbocycles. The molecule has 0 aliphatic carbocycles. The molecule has 1 unspecified atom stereocenters. The van der Waals surface area contributed by atoms with Crippen molar-refractivity contribution in [3.63, 3.8) is 0 Å². The molecule has 1 atom stereocenters. The molecule has 0 saturated carbocycles. The number of imidazole rings is 1. The van der Waals surface area contributed by atoms with Gasteiger partial charge in [0.2, 0.25) is 5.95 Å². The van der Waals surface area contributed by atoms with Crippen molar-refractivity contribution < 1.29 is 4.74 Å². The number of methoxy groups -OCH3 is 1. The molecule has 2 heterocycles. The Kier molecular flexibility index (Phi) is 5.43. The van der Waals surface area contributed by atoms with E-state index in [2.05, 4.69) is 29.5 Å². The molecule has 0 bridgehead atoms. The summed E-state index contributed by atoms with van der Waals surface area (Å²) in [6, 6.07) is 0.315. The molecule has 5 heteroatoms. The lowest BCUT2D eigenvalue weighted by molar-refractivity contribution is 0.162. The van der Waals surface area contributed by atoms with Crippen molar-refractivity contribution in [1.29, 1.82) is 0 Å². The van der Waals surface area contributed by atoms with Crippen molar-refractivity contribution in [1.82, 2.24) is 9.55 Å². The molecular weight excluding hydrogens is 252 g/mol. The zero-order chi connectivity index (χ0) is 14.5. The Bertz CT molecular complexity index is 410. The van der Waals surface area contributed by atoms with E-state index in [9.17, 15) is 0 Å². The molecule has 1 fully saturated rings. The van der Waals surface area contributed by atoms with Crippen LogP contribution in [0.4, 0.5) is 5.95 Å². The number of nitrogens with zero attached hydrogens (tertiary/aromatic N) is 3. The van der Waals surface area contributed by atoms with E-state index in [0.29, 0.717) is 18.6 Å². The van der Waals surface area contributed by atoms with Gasteiger partial charge in [0.1, 0.15) is 0 Å². The van der Waals surface area contributed by atoms with Crippen molar-refractivity contribution in [2.75, 3.05) is 38.3 Å². The van der Waals surface area contributed by atoms with Gasteiger partial charge in [-0.25, -0.2) is 4.98 Å². The van der Waals surface area contributed by atoms with Crippen LogP contribution in [0.2, 0.25) is 0 Å². The normalized spacial score (nSPS) is 18.5. The van der Waals surface area contributed by atoms with Gasteiger partial charge in [-0.15, -0.1) is 0 Å². The summed E-state index contributed by atoms with van der Waals surface area (Å²) in [4.78, 5) is 7.21. The Balaban J connectivity index is 2.15. The zero-order valence-electron chi connectivity index (χ0n) is 13.0. The van der Waals surface area contributed by atoms with Crippen LogP contribution in [0.25, 0.3) is 0 Å². The second kappa shape index (κ2) is 7.09. The van der Waals surface area contributed by atoms with Crippen LogP contribution < -0.4 is 10.6 Å². The summed E-state index contributed by atoms with van der Waals surface area (Å²) in [5, 5.41) is 0. The summed E-state index contributed by atoms with van der Waals surface area (Å²) >= 11 is 0. The third-order valence-corrected chi connectivity index (χ3v) is 4.24. The lowest BCUT2D eigenvalue weighted by Crippen LogP contribution is -2.38. The highest BCUT2D eigenvalue weighted by molar-refractivity contribution is 5.35. The number of piperidine rings is 1. The molecule has 0 amide bonds. The Morgan fingerprint density at radius 3 is 2.70 bits per heavy atom. The molecular formula is C15H28N4O. The smallest absolute Gasteiger partial charge is 0.206 e. The SMILES string of the molecule is CCc1cn(C(C)COC)c(N2CCC(CN)CC2)n1. The first kappa shape index (κ1) is 15.3. The predicted octanol–water partition coefficient (Wildman–Crippen LogP) is 1.83. The first-order chi connectivity index (χ1) is 9.69. The van der Waals surface area contributed by atoms with Crippen molar-refractivity contribution in [3.8, 4) is 0 Å². The largest absolute Gasteiger partial charge is 0.383 e. The summed E-state index contributed by atoms with van der Waals surface area (Å²) < 4.78 is 7.56. The maximum Gasteiger partial charge on any atom is 0.206 e. The van der Waals surface area contributed by atoms with E-state index < -0.39 is 0 Å². The third-order valence-electron chi connectivity index (χ3n) is 4.24. The number of aryl methyl sites for hydroxylation is 1. The van der Waals surface area contributed by atoms with Gasteiger partial charge >= 0.3 is 0 Å². The van der Waals surface area contributed by atoms with E-state index in [1.54, 1.807) is 7.11 Å². The molecule has 2 N–H and O–H groups in total. The molecule has 1 aromatic rings. The van der Waals surface area contributed by atoms with E-state index in [1.807, 2.05) is 0 Å². The predicted molar refractivity (Wildman–Crippen MR) is 82.2 cm³/mol. The average molecular weight is 280 g/mol. The van der Waals surface area contributed by atoms with Crippen LogP contribution in [0.5, 0.6) is 0 Å². The fourth-order valence-corrected chi connectivity index (χ4v) is 2.85. The second-order valence-corrected chi connectivity index (χ2v) is 5.76. The molecule has 2 rings (SSSR count). The number of hydrogen-bond acceptors (Lipinski definition) is 4. The third kappa shape index (κ3) is 3.33. The number of hydrogen-bond donors (Lipinski definition) is 1. The molecule has 20 heavy (non-hydrogen) atoms. The van der Waals surface area contributed by atoms with Crippen LogP contribution >= 0.6 is 0 Å². The van der Waals surface area contributed by atoms with Crippen LogP contribution in [0, 0.1) is 5.92 Å². The Morgan fingerprint density at radius 2 is 2.15 bits per heavy atom. The fourth-order valence-electron chi connectivity index (χ4n) is 2.85. The molecule has 0 spiro atoms. The topological polar surface area (TPSA) is 56.3 Å². The highest BCUT2D eigenvalue weighted by Gasteiger charge is 2.23. The summed E-state index contributed by atoms with van der Waals surface area (Å²) in [6.45, 7) is 7.97. The number of ether oxygens (including phenoxy) is 1. The van der Waals surface area contributed by atoms with Gasteiger partial charge in [-0.1, -0.05) is 6.92 Å². The van der Waals surface area contributed by atoms with Crippen LogP contribution in [0.1, 0.15) is 38.4 Å². The molecule has 1 saturated heterocycles. The molecule has 1 aliphatic heterocycles. The van der Waals surface area contributed by atoms with Gasteiger partial charge in [0.25, 0.3) is 0 Å². The lowest BCUT2D eigenvalue weighted by Gasteiger charge is -2.33. The maximum absolute atomic E-state index is 5.77. The monoisotopic (exact) mass is 280 g/mol. The van der Waals surface area contributed by atoms with Crippen molar-refractivity contribution in [2.45, 2.75) is 39.2 Å². The number of rotatable bonds is 6. The first-order valence-corrected chi connectivity index (χ1v) is 7.71. The lowest BCUT2D eigenvalue weighted by atomic mass is 9.97. The Hall–Kier alpha value is -1.07. The van der Waals surface area contributed by atoms with Crippen LogP contribution in [-0.2, 0) is 11.2 Å². The Morgan fingerprint density at radius 1 is 1.45 bits per heavy atom. The van der Waals surface area contributed by atoms with Crippen LogP contribution in [-0.4, -0.2) is 42.9 Å². The van der Waals surface area contributed by atoms with E-state index in [-0.39, 0.29) is 0 Å². The molecule has 0 radical (unpaired) electrons. The summed E-state index contributed by atoms with van der Waals surface area (Å²) in [5.41, 5.74) is 6.93. The quantitative estimate of drug-likeness (QED) is 0.863. The number of nitrogens with two attached hydrogens (primary N) is 1. The van der Waals surface area contributed by atoms with E-state index in [4.69, 9.17) is 15.5 Å². The summed E-state index contributed by atoms with van der Waals surface area (Å²) in [7, 11) is 1.75. The van der Waals surface area contributed by atoms with Gasteiger partial charge in [0.05, 0.1) is 18.3 Å². The second-order valence-electron chi connectivity index (χ2n) is 5.76. The van der Waals surface area contributed by atoms with Gasteiger partial charge in [-0.05, 0) is 38.6 Å². The standard InChI is InChI=1S/C15H28N4O/c1-4-14-10-19(12(2)11-20-3)15(17-14)18-7-5-13(9-16)6-8-18/h10,12-13H,4-9,11,16H2,1-3H3. The van der Waals surface area contributed by atoms with Gasteiger partial charge in [0.15, 0.2) is 0 Å². The number of aromatic nitrogens is 2. The van der Waals surface area contributed by atoms with Gasteiger partial charge < -0.3 is 19.9 Å². The van der Waals surface area contributed by atoms with Crippen LogP contribution in [0.3, 0.4) is 0 Å². The average Bonchev–Trinajstić information content (AvgIpc) is 2.92. The number of anilines is 1. The zero-order valence-corrected chi connectivity index (χ0v) is 13.0. The van der Waals surface area contributed by atoms with Gasteiger partial charge in [0, 0.05) is 26.4 Å². The first-order valence-electron chi connectivity index (χ1n) is 7.71. The Labute approximate surface area is 122 Å². The van der Waals surface area contributed by atoms with Gasteiger partial charge in [-0.3, -0.25) is 0 Å².